The van der Waals surface area contributed by atoms with Crippen LogP contribution in [-0.4, -0.2) is 36.1 Å². The maximum absolute atomic E-state index is 12.8. The highest BCUT2D eigenvalue weighted by atomic mass is 79.9. The summed E-state index contributed by atoms with van der Waals surface area (Å²) in [6.45, 7) is 0.396. The fraction of sp³-hybridized carbons (Fsp3) is 0.115. The molecule has 0 atom stereocenters. The molecule has 1 aliphatic heterocycles. The highest BCUT2D eigenvalue weighted by Gasteiger charge is 2.30. The fourth-order valence-corrected chi connectivity index (χ4v) is 4.66. The maximum Gasteiger partial charge on any atom is 0.337 e. The molecule has 6 nitrogen and oxygen atoms in total. The van der Waals surface area contributed by atoms with E-state index in [0.29, 0.717) is 38.7 Å². The van der Waals surface area contributed by atoms with Crippen LogP contribution in [0.1, 0.15) is 21.5 Å². The smallest absolute Gasteiger partial charge is 0.337 e. The van der Waals surface area contributed by atoms with Gasteiger partial charge in [-0.25, -0.2) is 9.79 Å². The topological polar surface area (TPSA) is 68.2 Å². The van der Waals surface area contributed by atoms with Crippen LogP contribution in [0, 0.1) is 0 Å². The second kappa shape index (κ2) is 11.1. The van der Waals surface area contributed by atoms with E-state index in [0.717, 1.165) is 15.6 Å². The Kier molecular flexibility index (Phi) is 7.95. The molecule has 0 unspecified atom stereocenters. The number of carbonyl (C=O) groups is 2. The van der Waals surface area contributed by atoms with Crippen LogP contribution >= 0.6 is 39.3 Å². The van der Waals surface area contributed by atoms with Crippen LogP contribution < -0.4 is 4.74 Å². The minimum atomic E-state index is -0.416. The predicted molar refractivity (Wildman–Crippen MR) is 143 cm³/mol. The molecule has 3 aromatic rings. The third-order valence-corrected chi connectivity index (χ3v) is 6.96. The highest BCUT2D eigenvalue weighted by Crippen LogP contribution is 2.34. The monoisotopic (exact) mass is 570 g/mol. The van der Waals surface area contributed by atoms with Crippen molar-refractivity contribution in [3.05, 3.63) is 97.8 Å². The van der Waals surface area contributed by atoms with Crippen LogP contribution in [0.2, 0.25) is 5.02 Å². The number of thioether (sulfide) groups is 1. The molecule has 1 amide bonds. The minimum Gasteiger partial charge on any atom is -0.487 e. The summed E-state index contributed by atoms with van der Waals surface area (Å²) in [7, 11) is 3.00. The first-order valence-electron chi connectivity index (χ1n) is 10.5. The quantitative estimate of drug-likeness (QED) is 0.243. The summed E-state index contributed by atoms with van der Waals surface area (Å²) in [5.41, 5.74) is 2.86. The fourth-order valence-electron chi connectivity index (χ4n) is 3.17. The molecule has 0 N–H and O–H groups in total. The molecule has 35 heavy (non-hydrogen) atoms. The van der Waals surface area contributed by atoms with Gasteiger partial charge in [0.2, 0.25) is 0 Å². The largest absolute Gasteiger partial charge is 0.487 e. The van der Waals surface area contributed by atoms with Gasteiger partial charge in [-0.1, -0.05) is 45.7 Å². The van der Waals surface area contributed by atoms with E-state index >= 15 is 0 Å². The normalized spacial score (nSPS) is 15.7. The number of carbonyl (C=O) groups excluding carboxylic acids is 2. The van der Waals surface area contributed by atoms with E-state index < -0.39 is 5.97 Å². The first-order valence-corrected chi connectivity index (χ1v) is 12.4. The molecule has 1 fully saturated rings. The Bertz CT molecular complexity index is 1320. The van der Waals surface area contributed by atoms with Gasteiger partial charge in [-0.05, 0) is 77.5 Å². The van der Waals surface area contributed by atoms with Gasteiger partial charge in [0.15, 0.2) is 5.17 Å². The molecule has 0 radical (unpaired) electrons. The standard InChI is InChI=1S/C26H20BrClN2O4S/c1-30-24(31)23(35-26(30)29-20-10-6-18(7-11-20)25(32)33-2)14-17-5-12-22(21(28)13-17)34-15-16-3-8-19(27)9-4-16/h3-14H,15H2,1-2H3. The first-order chi connectivity index (χ1) is 16.8. The number of ether oxygens (including phenoxy) is 2. The third kappa shape index (κ3) is 6.14. The maximum atomic E-state index is 12.8. The van der Waals surface area contributed by atoms with Crippen molar-refractivity contribution in [2.45, 2.75) is 6.61 Å². The summed E-state index contributed by atoms with van der Waals surface area (Å²) in [4.78, 5) is 30.9. The number of rotatable bonds is 6. The van der Waals surface area contributed by atoms with Crippen molar-refractivity contribution in [3.8, 4) is 5.75 Å². The van der Waals surface area contributed by atoms with E-state index in [4.69, 9.17) is 21.1 Å². The van der Waals surface area contributed by atoms with Crippen molar-refractivity contribution in [1.29, 1.82) is 0 Å². The molecule has 178 valence electrons. The molecule has 9 heteroatoms. The number of halogens is 2. The zero-order chi connectivity index (χ0) is 24.9. The number of likely N-dealkylation sites (N-methyl/N-ethyl adjacent to an activating group) is 1. The SMILES string of the molecule is COC(=O)c1ccc(N=C2SC(=Cc3ccc(OCc4ccc(Br)cc4)c(Cl)c3)C(=O)N2C)cc1. The average molecular weight is 572 g/mol. The lowest BCUT2D eigenvalue weighted by molar-refractivity contribution is -0.121. The van der Waals surface area contributed by atoms with E-state index in [1.54, 1.807) is 49.5 Å². The van der Waals surface area contributed by atoms with Gasteiger partial charge >= 0.3 is 5.97 Å². The summed E-state index contributed by atoms with van der Waals surface area (Å²) in [6, 6.07) is 19.9. The number of esters is 1. The van der Waals surface area contributed by atoms with E-state index in [1.165, 1.54) is 23.8 Å². The number of methoxy groups -OCH3 is 1. The average Bonchev–Trinajstić information content (AvgIpc) is 3.12. The van der Waals surface area contributed by atoms with Crippen molar-refractivity contribution in [2.75, 3.05) is 14.2 Å². The second-order valence-corrected chi connectivity index (χ2v) is 9.84. The number of hydrogen-bond donors (Lipinski definition) is 0. The van der Waals surface area contributed by atoms with Gasteiger partial charge in [-0.15, -0.1) is 0 Å². The number of nitrogens with zero attached hydrogens (tertiary/aromatic N) is 2. The lowest BCUT2D eigenvalue weighted by Gasteiger charge is -2.09. The second-order valence-electron chi connectivity index (χ2n) is 7.51. The van der Waals surface area contributed by atoms with Crippen LogP contribution in [0.3, 0.4) is 0 Å². The molecule has 0 saturated carbocycles. The van der Waals surface area contributed by atoms with Crippen molar-refractivity contribution in [1.82, 2.24) is 4.90 Å². The predicted octanol–water partition coefficient (Wildman–Crippen LogP) is 6.70. The van der Waals surface area contributed by atoms with Gasteiger partial charge in [0.1, 0.15) is 12.4 Å². The van der Waals surface area contributed by atoms with Crippen LogP contribution in [0.4, 0.5) is 5.69 Å². The van der Waals surface area contributed by atoms with Crippen LogP contribution in [-0.2, 0) is 16.1 Å². The summed E-state index contributed by atoms with van der Waals surface area (Å²) >= 11 is 11.1. The molecule has 3 aromatic carbocycles. The van der Waals surface area contributed by atoms with Crippen molar-refractivity contribution >= 4 is 68.1 Å². The molecular weight excluding hydrogens is 552 g/mol. The molecule has 1 heterocycles. The molecule has 4 rings (SSSR count). The van der Waals surface area contributed by atoms with Gasteiger partial charge < -0.3 is 9.47 Å². The van der Waals surface area contributed by atoms with Crippen molar-refractivity contribution in [2.24, 2.45) is 4.99 Å². The van der Waals surface area contributed by atoms with Crippen LogP contribution in [0.5, 0.6) is 5.75 Å². The Morgan fingerprint density at radius 2 is 1.83 bits per heavy atom. The zero-order valence-corrected chi connectivity index (χ0v) is 22.0. The van der Waals surface area contributed by atoms with E-state index in [-0.39, 0.29) is 5.91 Å². The summed E-state index contributed by atoms with van der Waals surface area (Å²) in [5, 5.41) is 0.993. The third-order valence-electron chi connectivity index (χ3n) is 5.08. The number of amides is 1. The number of hydrogen-bond acceptors (Lipinski definition) is 6. The van der Waals surface area contributed by atoms with Gasteiger partial charge in [0.25, 0.3) is 5.91 Å². The molecule has 0 spiro atoms. The molecule has 0 aromatic heterocycles. The van der Waals surface area contributed by atoms with Gasteiger partial charge in [0, 0.05) is 11.5 Å². The number of aliphatic imine (C=N–C) groups is 1. The van der Waals surface area contributed by atoms with Crippen LogP contribution in [0.25, 0.3) is 6.08 Å². The molecular formula is C26H20BrClN2O4S. The summed E-state index contributed by atoms with van der Waals surface area (Å²) < 4.78 is 11.6. The lowest BCUT2D eigenvalue weighted by Crippen LogP contribution is -2.23. The van der Waals surface area contributed by atoms with E-state index in [1.807, 2.05) is 30.3 Å². The Morgan fingerprint density at radius 3 is 2.49 bits per heavy atom. The van der Waals surface area contributed by atoms with Crippen LogP contribution in [0.15, 0.2) is 81.1 Å². The molecule has 1 saturated heterocycles. The highest BCUT2D eigenvalue weighted by molar-refractivity contribution is 9.10. The summed E-state index contributed by atoms with van der Waals surface area (Å²) in [6.07, 6.45) is 1.77. The minimum absolute atomic E-state index is 0.161. The van der Waals surface area contributed by atoms with Crippen molar-refractivity contribution in [3.63, 3.8) is 0 Å². The van der Waals surface area contributed by atoms with Gasteiger partial charge in [0.05, 0.1) is 28.3 Å². The van der Waals surface area contributed by atoms with E-state index in [2.05, 4.69) is 20.9 Å². The Morgan fingerprint density at radius 1 is 1.11 bits per heavy atom. The summed E-state index contributed by atoms with van der Waals surface area (Å²) in [5.74, 6) is -0.0103. The Balaban J connectivity index is 1.46. The number of amidine groups is 1. The zero-order valence-electron chi connectivity index (χ0n) is 18.8. The Labute approximate surface area is 220 Å². The molecule has 0 bridgehead atoms. The molecule has 1 aliphatic rings. The van der Waals surface area contributed by atoms with Gasteiger partial charge in [-0.2, -0.15) is 0 Å². The van der Waals surface area contributed by atoms with E-state index in [9.17, 15) is 9.59 Å². The number of benzene rings is 3. The molecule has 0 aliphatic carbocycles. The van der Waals surface area contributed by atoms with Gasteiger partial charge in [-0.3, -0.25) is 9.69 Å². The lowest BCUT2D eigenvalue weighted by atomic mass is 10.2. The van der Waals surface area contributed by atoms with Crippen molar-refractivity contribution < 1.29 is 19.1 Å². The Hall–Kier alpha value is -3.07. The first kappa shape index (κ1) is 25.0.